The summed E-state index contributed by atoms with van der Waals surface area (Å²) in [5.41, 5.74) is 3.51. The van der Waals surface area contributed by atoms with Crippen molar-refractivity contribution in [2.75, 3.05) is 5.43 Å². The van der Waals surface area contributed by atoms with E-state index in [9.17, 15) is 4.79 Å². The van der Waals surface area contributed by atoms with E-state index in [1.807, 2.05) is 29.0 Å². The largest absolute Gasteiger partial charge is 0.339 e. The highest BCUT2D eigenvalue weighted by Gasteiger charge is 2.27. The molecule has 1 N–H and O–H groups in total. The molecule has 0 aromatic carbocycles. The maximum atomic E-state index is 12.1. The zero-order valence-electron chi connectivity index (χ0n) is 9.14. The summed E-state index contributed by atoms with van der Waals surface area (Å²) in [5.74, 6) is -0.0844. The summed E-state index contributed by atoms with van der Waals surface area (Å²) in [4.78, 5) is 12.1. The minimum atomic E-state index is -0.0844. The normalized spacial score (nSPS) is 14.9. The number of halogens is 1. The number of nitrogens with one attached hydrogen (secondary N) is 1. The third-order valence-corrected chi connectivity index (χ3v) is 3.26. The third kappa shape index (κ3) is 2.15. The summed E-state index contributed by atoms with van der Waals surface area (Å²) in [6.45, 7) is 0. The molecule has 0 bridgehead atoms. The van der Waals surface area contributed by atoms with Gasteiger partial charge in [0.15, 0.2) is 0 Å². The molecule has 3 rings (SSSR count). The zero-order valence-corrected chi connectivity index (χ0v) is 10.7. The SMILES string of the molecule is O=C(Nn1cccc1)c1cc(Br)cn1C1CC1. The first-order chi connectivity index (χ1) is 8.24. The van der Waals surface area contributed by atoms with Crippen LogP contribution in [0.3, 0.4) is 0 Å². The number of nitrogens with zero attached hydrogens (tertiary/aromatic N) is 2. The van der Waals surface area contributed by atoms with Gasteiger partial charge < -0.3 is 4.57 Å². The van der Waals surface area contributed by atoms with E-state index in [2.05, 4.69) is 21.4 Å². The second-order valence-corrected chi connectivity index (χ2v) is 5.13. The molecule has 4 nitrogen and oxygen atoms in total. The minimum absolute atomic E-state index is 0.0844. The van der Waals surface area contributed by atoms with Crippen molar-refractivity contribution in [1.29, 1.82) is 0 Å². The van der Waals surface area contributed by atoms with E-state index in [1.54, 1.807) is 17.1 Å². The molecule has 1 aliphatic rings. The van der Waals surface area contributed by atoms with Gasteiger partial charge in [-0.2, -0.15) is 0 Å². The Morgan fingerprint density at radius 2 is 2.06 bits per heavy atom. The molecule has 0 radical (unpaired) electrons. The van der Waals surface area contributed by atoms with Crippen molar-refractivity contribution in [2.45, 2.75) is 18.9 Å². The van der Waals surface area contributed by atoms with Crippen LogP contribution in [0.5, 0.6) is 0 Å². The van der Waals surface area contributed by atoms with Gasteiger partial charge in [-0.15, -0.1) is 0 Å². The van der Waals surface area contributed by atoms with Crippen LogP contribution in [0.2, 0.25) is 0 Å². The molecule has 1 saturated carbocycles. The first kappa shape index (κ1) is 10.7. The summed E-state index contributed by atoms with van der Waals surface area (Å²) in [7, 11) is 0. The molecule has 1 fully saturated rings. The lowest BCUT2D eigenvalue weighted by Gasteiger charge is -2.09. The first-order valence-electron chi connectivity index (χ1n) is 5.56. The fourth-order valence-corrected chi connectivity index (χ4v) is 2.30. The van der Waals surface area contributed by atoms with Gasteiger partial charge in [0.05, 0.1) is 0 Å². The van der Waals surface area contributed by atoms with Crippen LogP contribution in [0, 0.1) is 0 Å². The van der Waals surface area contributed by atoms with Gasteiger partial charge >= 0.3 is 0 Å². The van der Waals surface area contributed by atoms with Crippen LogP contribution in [0.1, 0.15) is 29.4 Å². The Labute approximate surface area is 107 Å². The molecule has 1 amide bonds. The summed E-state index contributed by atoms with van der Waals surface area (Å²) in [6.07, 6.45) is 7.90. The monoisotopic (exact) mass is 293 g/mol. The minimum Gasteiger partial charge on any atom is -0.339 e. The van der Waals surface area contributed by atoms with Crippen LogP contribution < -0.4 is 5.43 Å². The topological polar surface area (TPSA) is 39.0 Å². The van der Waals surface area contributed by atoms with Crippen LogP contribution in [0.4, 0.5) is 0 Å². The molecule has 0 aliphatic heterocycles. The van der Waals surface area contributed by atoms with Crippen molar-refractivity contribution >= 4 is 21.8 Å². The van der Waals surface area contributed by atoms with Gasteiger partial charge in [-0.3, -0.25) is 14.9 Å². The van der Waals surface area contributed by atoms with Crippen molar-refractivity contribution in [3.8, 4) is 0 Å². The molecule has 17 heavy (non-hydrogen) atoms. The number of carbonyl (C=O) groups excluding carboxylic acids is 1. The number of hydrogen-bond donors (Lipinski definition) is 1. The molecule has 0 saturated heterocycles. The maximum Gasteiger partial charge on any atom is 0.286 e. The molecule has 2 aromatic rings. The fraction of sp³-hybridized carbons (Fsp3) is 0.250. The highest BCUT2D eigenvalue weighted by Crippen LogP contribution is 2.37. The predicted molar refractivity (Wildman–Crippen MR) is 68.5 cm³/mol. The lowest BCUT2D eigenvalue weighted by Crippen LogP contribution is -2.23. The third-order valence-electron chi connectivity index (χ3n) is 2.82. The Morgan fingerprint density at radius 1 is 1.35 bits per heavy atom. The van der Waals surface area contributed by atoms with Crippen molar-refractivity contribution in [3.05, 3.63) is 47.0 Å². The van der Waals surface area contributed by atoms with Crippen LogP contribution in [0.15, 0.2) is 41.3 Å². The van der Waals surface area contributed by atoms with E-state index in [0.29, 0.717) is 11.7 Å². The molecular weight excluding hydrogens is 282 g/mol. The van der Waals surface area contributed by atoms with Crippen LogP contribution in [-0.4, -0.2) is 15.2 Å². The Bertz CT molecular complexity index is 540. The van der Waals surface area contributed by atoms with E-state index in [1.165, 1.54) is 0 Å². The number of amides is 1. The maximum absolute atomic E-state index is 12.1. The van der Waals surface area contributed by atoms with Gasteiger partial charge in [-0.1, -0.05) is 0 Å². The van der Waals surface area contributed by atoms with E-state index in [0.717, 1.165) is 17.3 Å². The van der Waals surface area contributed by atoms with Crippen molar-refractivity contribution in [2.24, 2.45) is 0 Å². The predicted octanol–water partition coefficient (Wildman–Crippen LogP) is 2.77. The molecule has 88 valence electrons. The Hall–Kier alpha value is -1.49. The lowest BCUT2D eigenvalue weighted by atomic mass is 10.4. The molecule has 2 heterocycles. The van der Waals surface area contributed by atoms with E-state index in [-0.39, 0.29) is 5.91 Å². The standard InChI is InChI=1S/C12H12BrN3O/c13-9-7-11(16(8-9)10-3-4-10)12(17)14-15-5-1-2-6-15/h1-2,5-8,10H,3-4H2,(H,14,17). The van der Waals surface area contributed by atoms with Gasteiger partial charge in [-0.05, 0) is 47.0 Å². The summed E-state index contributed by atoms with van der Waals surface area (Å²) in [5, 5.41) is 0. The molecule has 2 aromatic heterocycles. The van der Waals surface area contributed by atoms with Crippen molar-refractivity contribution in [3.63, 3.8) is 0 Å². The van der Waals surface area contributed by atoms with E-state index >= 15 is 0 Å². The summed E-state index contributed by atoms with van der Waals surface area (Å²) < 4.78 is 4.64. The molecular formula is C12H12BrN3O. The zero-order chi connectivity index (χ0) is 11.8. The molecule has 0 unspecified atom stereocenters. The van der Waals surface area contributed by atoms with Gasteiger partial charge in [0, 0.05) is 29.1 Å². The molecule has 0 atom stereocenters. The average molecular weight is 294 g/mol. The van der Waals surface area contributed by atoms with Gasteiger partial charge in [-0.25, -0.2) is 0 Å². The highest BCUT2D eigenvalue weighted by atomic mass is 79.9. The second-order valence-electron chi connectivity index (χ2n) is 4.21. The van der Waals surface area contributed by atoms with E-state index < -0.39 is 0 Å². The summed E-state index contributed by atoms with van der Waals surface area (Å²) in [6, 6.07) is 6.09. The second kappa shape index (κ2) is 4.07. The molecule has 1 aliphatic carbocycles. The first-order valence-corrected chi connectivity index (χ1v) is 6.35. The number of aromatic nitrogens is 2. The smallest absolute Gasteiger partial charge is 0.286 e. The van der Waals surface area contributed by atoms with E-state index in [4.69, 9.17) is 0 Å². The number of carbonyl (C=O) groups is 1. The van der Waals surface area contributed by atoms with Gasteiger partial charge in [0.2, 0.25) is 0 Å². The van der Waals surface area contributed by atoms with Crippen LogP contribution in [0.25, 0.3) is 0 Å². The van der Waals surface area contributed by atoms with Crippen LogP contribution in [-0.2, 0) is 0 Å². The molecule has 5 heteroatoms. The Morgan fingerprint density at radius 3 is 2.71 bits per heavy atom. The van der Waals surface area contributed by atoms with Crippen molar-refractivity contribution < 1.29 is 4.79 Å². The van der Waals surface area contributed by atoms with Crippen LogP contribution >= 0.6 is 15.9 Å². The number of hydrogen-bond acceptors (Lipinski definition) is 1. The number of rotatable bonds is 3. The Kier molecular flexibility index (Phi) is 2.55. The quantitative estimate of drug-likeness (QED) is 0.929. The molecule has 0 spiro atoms. The summed E-state index contributed by atoms with van der Waals surface area (Å²) >= 11 is 3.42. The highest BCUT2D eigenvalue weighted by molar-refractivity contribution is 9.10. The van der Waals surface area contributed by atoms with Gasteiger partial charge in [0.25, 0.3) is 5.91 Å². The average Bonchev–Trinajstić information content (AvgIpc) is 2.88. The lowest BCUT2D eigenvalue weighted by molar-refractivity contribution is 0.0999. The fourth-order valence-electron chi connectivity index (χ4n) is 1.87. The Balaban J connectivity index is 1.85. The van der Waals surface area contributed by atoms with Crippen molar-refractivity contribution in [1.82, 2.24) is 9.24 Å². The van der Waals surface area contributed by atoms with Gasteiger partial charge in [0.1, 0.15) is 5.69 Å².